The minimum Gasteiger partial charge on any atom is -0.502 e. The average molecular weight is 527 g/mol. The van der Waals surface area contributed by atoms with Crippen molar-refractivity contribution in [2.45, 2.75) is 19.4 Å². The number of hydrogen-bond acceptors (Lipinski definition) is 10. The first-order valence-corrected chi connectivity index (χ1v) is 12.5. The van der Waals surface area contributed by atoms with Crippen LogP contribution >= 0.6 is 11.3 Å². The number of methoxy groups -OCH3 is 2. The molecule has 2 aromatic carbocycles. The van der Waals surface area contributed by atoms with Gasteiger partial charge in [-0.25, -0.2) is 4.79 Å². The SMILES string of the molecule is COc1cccc(OC)c1O.Cc1ccc(C(=O)OC2c3cc4c(cc3C[C@H]3C(=O)OCC23)OCO4)s1. The van der Waals surface area contributed by atoms with E-state index in [1.165, 1.54) is 25.6 Å². The van der Waals surface area contributed by atoms with Gasteiger partial charge in [-0.2, -0.15) is 0 Å². The lowest BCUT2D eigenvalue weighted by atomic mass is 9.75. The van der Waals surface area contributed by atoms with E-state index < -0.39 is 6.10 Å². The number of carbonyl (C=O) groups excluding carboxylic acids is 2. The van der Waals surface area contributed by atoms with Crippen molar-refractivity contribution in [3.8, 4) is 28.7 Å². The molecule has 3 aliphatic rings. The van der Waals surface area contributed by atoms with E-state index in [0.717, 1.165) is 16.0 Å². The highest BCUT2D eigenvalue weighted by molar-refractivity contribution is 7.13. The Morgan fingerprint density at radius 1 is 1.03 bits per heavy atom. The first-order chi connectivity index (χ1) is 17.9. The molecule has 10 heteroatoms. The van der Waals surface area contributed by atoms with Gasteiger partial charge in [0.15, 0.2) is 23.0 Å². The zero-order valence-electron chi connectivity index (χ0n) is 20.5. The number of carbonyl (C=O) groups is 2. The molecular formula is C27H26O9S. The highest BCUT2D eigenvalue weighted by Gasteiger charge is 2.48. The van der Waals surface area contributed by atoms with Crippen molar-refractivity contribution >= 4 is 23.3 Å². The molecule has 1 fully saturated rings. The van der Waals surface area contributed by atoms with Gasteiger partial charge in [0, 0.05) is 16.4 Å². The molecular weight excluding hydrogens is 500 g/mol. The quantitative estimate of drug-likeness (QED) is 0.494. The maximum absolute atomic E-state index is 12.6. The van der Waals surface area contributed by atoms with E-state index in [9.17, 15) is 14.7 Å². The second-order valence-electron chi connectivity index (χ2n) is 8.76. The largest absolute Gasteiger partial charge is 0.502 e. The molecule has 3 aromatic rings. The summed E-state index contributed by atoms with van der Waals surface area (Å²) >= 11 is 1.39. The Morgan fingerprint density at radius 2 is 1.73 bits per heavy atom. The van der Waals surface area contributed by atoms with Gasteiger partial charge in [-0.15, -0.1) is 11.3 Å². The van der Waals surface area contributed by atoms with Crippen molar-refractivity contribution in [2.24, 2.45) is 11.8 Å². The normalized spacial score (nSPS) is 20.6. The Labute approximate surface area is 217 Å². The number of fused-ring (bicyclic) bond motifs is 3. The number of rotatable bonds is 4. The summed E-state index contributed by atoms with van der Waals surface area (Å²) in [6.07, 6.45) is 0.0151. The zero-order chi connectivity index (χ0) is 26.1. The van der Waals surface area contributed by atoms with Crippen LogP contribution in [0.15, 0.2) is 42.5 Å². The number of phenols is 1. The summed E-state index contributed by atoms with van der Waals surface area (Å²) in [5.41, 5.74) is 1.81. The number of aryl methyl sites for hydroxylation is 1. The van der Waals surface area contributed by atoms with Crippen molar-refractivity contribution in [1.82, 2.24) is 0 Å². The van der Waals surface area contributed by atoms with Crippen LogP contribution in [-0.4, -0.2) is 44.7 Å². The number of esters is 2. The van der Waals surface area contributed by atoms with Crippen molar-refractivity contribution in [3.05, 3.63) is 63.3 Å². The Hall–Kier alpha value is -3.92. The van der Waals surface area contributed by atoms with Gasteiger partial charge in [0.25, 0.3) is 0 Å². The number of ether oxygens (including phenoxy) is 6. The topological polar surface area (TPSA) is 110 Å². The van der Waals surface area contributed by atoms with Gasteiger partial charge in [-0.1, -0.05) is 6.07 Å². The predicted molar refractivity (Wildman–Crippen MR) is 133 cm³/mol. The number of aromatic hydroxyl groups is 1. The first-order valence-electron chi connectivity index (χ1n) is 11.7. The summed E-state index contributed by atoms with van der Waals surface area (Å²) in [6.45, 7) is 2.38. The number of thiophene rings is 1. The summed E-state index contributed by atoms with van der Waals surface area (Å²) in [5.74, 6) is 1.09. The Balaban J connectivity index is 0.000000215. The fourth-order valence-corrected chi connectivity index (χ4v) is 5.47. The maximum Gasteiger partial charge on any atom is 0.348 e. The Bertz CT molecular complexity index is 1310. The van der Waals surface area contributed by atoms with Gasteiger partial charge in [0.1, 0.15) is 11.0 Å². The second kappa shape index (κ2) is 10.2. The first kappa shape index (κ1) is 24.8. The third kappa shape index (κ3) is 4.76. The highest BCUT2D eigenvalue weighted by Crippen LogP contribution is 2.48. The lowest BCUT2D eigenvalue weighted by Crippen LogP contribution is -2.32. The maximum atomic E-state index is 12.6. The summed E-state index contributed by atoms with van der Waals surface area (Å²) < 4.78 is 31.8. The van der Waals surface area contributed by atoms with Gasteiger partial charge in [0.2, 0.25) is 12.5 Å². The zero-order valence-corrected chi connectivity index (χ0v) is 21.3. The number of para-hydroxylation sites is 1. The molecule has 0 saturated carbocycles. The smallest absolute Gasteiger partial charge is 0.348 e. The number of benzene rings is 2. The molecule has 1 aliphatic carbocycles. The summed E-state index contributed by atoms with van der Waals surface area (Å²) in [7, 11) is 2.99. The fraction of sp³-hybridized carbons (Fsp3) is 0.333. The van der Waals surface area contributed by atoms with Crippen LogP contribution in [0.4, 0.5) is 0 Å². The molecule has 1 N–H and O–H groups in total. The summed E-state index contributed by atoms with van der Waals surface area (Å²) in [6, 6.07) is 12.5. The second-order valence-corrected chi connectivity index (χ2v) is 10.0. The molecule has 37 heavy (non-hydrogen) atoms. The van der Waals surface area contributed by atoms with E-state index in [1.807, 2.05) is 25.1 Å². The molecule has 9 nitrogen and oxygen atoms in total. The molecule has 3 heterocycles. The molecule has 0 spiro atoms. The third-order valence-corrected chi connectivity index (χ3v) is 7.57. The van der Waals surface area contributed by atoms with Crippen molar-refractivity contribution in [3.63, 3.8) is 0 Å². The molecule has 0 bridgehead atoms. The molecule has 0 radical (unpaired) electrons. The van der Waals surface area contributed by atoms with Crippen molar-refractivity contribution in [2.75, 3.05) is 27.6 Å². The van der Waals surface area contributed by atoms with E-state index in [2.05, 4.69) is 0 Å². The Kier molecular flexibility index (Phi) is 6.84. The van der Waals surface area contributed by atoms with Crippen LogP contribution in [0.5, 0.6) is 28.7 Å². The lowest BCUT2D eigenvalue weighted by Gasteiger charge is -2.32. The van der Waals surface area contributed by atoms with Crippen LogP contribution < -0.4 is 18.9 Å². The van der Waals surface area contributed by atoms with Crippen LogP contribution in [0, 0.1) is 18.8 Å². The van der Waals surface area contributed by atoms with Gasteiger partial charge < -0.3 is 33.5 Å². The van der Waals surface area contributed by atoms with E-state index in [4.69, 9.17) is 28.4 Å². The van der Waals surface area contributed by atoms with Crippen molar-refractivity contribution in [1.29, 1.82) is 0 Å². The third-order valence-electron chi connectivity index (χ3n) is 6.58. The molecule has 194 valence electrons. The molecule has 2 aliphatic heterocycles. The minimum absolute atomic E-state index is 0.0394. The van der Waals surface area contributed by atoms with E-state index >= 15 is 0 Å². The van der Waals surface area contributed by atoms with Crippen LogP contribution in [-0.2, 0) is 20.7 Å². The Morgan fingerprint density at radius 3 is 2.38 bits per heavy atom. The predicted octanol–water partition coefficient (Wildman–Crippen LogP) is 4.44. The van der Waals surface area contributed by atoms with Crippen LogP contribution in [0.1, 0.15) is 31.8 Å². The molecule has 6 rings (SSSR count). The van der Waals surface area contributed by atoms with Gasteiger partial charge in [-0.05, 0) is 55.3 Å². The van der Waals surface area contributed by atoms with Gasteiger partial charge >= 0.3 is 11.9 Å². The van der Waals surface area contributed by atoms with Crippen LogP contribution in [0.25, 0.3) is 0 Å². The van der Waals surface area contributed by atoms with E-state index in [0.29, 0.717) is 34.3 Å². The van der Waals surface area contributed by atoms with Crippen LogP contribution in [0.2, 0.25) is 0 Å². The van der Waals surface area contributed by atoms with Crippen LogP contribution in [0.3, 0.4) is 0 Å². The number of hydrogen-bond donors (Lipinski definition) is 1. The fourth-order valence-electron chi connectivity index (χ4n) is 4.72. The summed E-state index contributed by atoms with van der Waals surface area (Å²) in [4.78, 5) is 26.4. The molecule has 3 atom stereocenters. The molecule has 1 saturated heterocycles. The van der Waals surface area contributed by atoms with Gasteiger partial charge in [-0.3, -0.25) is 4.79 Å². The average Bonchev–Trinajstić information content (AvgIpc) is 3.63. The monoisotopic (exact) mass is 526 g/mol. The number of cyclic esters (lactones) is 1. The number of phenolic OH excluding ortho intramolecular Hbond substituents is 1. The summed E-state index contributed by atoms with van der Waals surface area (Å²) in [5, 5.41) is 9.34. The molecule has 0 amide bonds. The van der Waals surface area contributed by atoms with Crippen molar-refractivity contribution < 1.29 is 43.1 Å². The standard InChI is InChI=1S/C19H16O6S.C8H10O3/c1-9-2-3-16(26-9)19(21)25-17-11-6-15-14(23-8-24-15)5-10(11)4-12-13(17)7-22-18(12)20;1-10-6-4-3-5-7(11-2)8(6)9/h2-3,5-6,12-13,17H,4,7-8H2,1H3;3-5,9H,1-2H3/t12-,13?,17?;/m1./s1. The van der Waals surface area contributed by atoms with E-state index in [1.54, 1.807) is 24.3 Å². The lowest BCUT2D eigenvalue weighted by molar-refractivity contribution is -0.141. The molecule has 2 unspecified atom stereocenters. The highest BCUT2D eigenvalue weighted by atomic mass is 32.1. The van der Waals surface area contributed by atoms with Gasteiger partial charge in [0.05, 0.1) is 26.7 Å². The minimum atomic E-state index is -0.542. The molecule has 1 aromatic heterocycles. The van der Waals surface area contributed by atoms with E-state index in [-0.39, 0.29) is 42.9 Å².